The van der Waals surface area contributed by atoms with Crippen molar-refractivity contribution in [2.75, 3.05) is 39.9 Å². The van der Waals surface area contributed by atoms with E-state index in [1.807, 2.05) is 48.5 Å². The summed E-state index contributed by atoms with van der Waals surface area (Å²) >= 11 is 0. The van der Waals surface area contributed by atoms with Gasteiger partial charge in [-0.1, -0.05) is 19.6 Å². The number of non-ortho nitro benzene ring substituents is 1. The van der Waals surface area contributed by atoms with Crippen molar-refractivity contribution in [2.24, 2.45) is 0 Å². The molecule has 1 aromatic heterocycles. The molecule has 0 saturated carbocycles. The summed E-state index contributed by atoms with van der Waals surface area (Å²) < 4.78 is 20.5. The zero-order chi connectivity index (χ0) is 43.3. The molecular formula is C45H42N6O10. The van der Waals surface area contributed by atoms with Gasteiger partial charge in [0.15, 0.2) is 5.52 Å². The van der Waals surface area contributed by atoms with E-state index in [0.717, 1.165) is 16.9 Å². The number of rotatable bonds is 11. The lowest BCUT2D eigenvalue weighted by Gasteiger charge is -2.11. The summed E-state index contributed by atoms with van der Waals surface area (Å²) in [6, 6.07) is 36.8. The van der Waals surface area contributed by atoms with Gasteiger partial charge in [-0.2, -0.15) is 0 Å². The molecule has 7 rings (SSSR count). The second-order valence-corrected chi connectivity index (χ2v) is 12.4. The molecular weight excluding hydrogens is 785 g/mol. The van der Waals surface area contributed by atoms with Crippen molar-refractivity contribution in [3.05, 3.63) is 165 Å². The molecule has 0 spiro atoms. The Hall–Kier alpha value is -8.40. The van der Waals surface area contributed by atoms with E-state index in [4.69, 9.17) is 35.4 Å². The van der Waals surface area contributed by atoms with E-state index in [1.165, 1.54) is 24.3 Å². The SMILES string of the molecule is C.COc1ccc(-c2nc3cccc([N+](=O)[O-])c3nc2-c2ccc(OC)cc2)cc1.COc1ccc(C(=O)C(=O)c2ccc(OC)cc2)cc1.Nc1cccc([N+](=O)[O-])c1N. The average molecular weight is 827 g/mol. The molecule has 0 unspecified atom stereocenters. The topological polar surface area (TPSA) is 235 Å². The number of nitrogens with two attached hydrogens (primary N) is 2. The minimum atomic E-state index is -0.564. The molecule has 16 heteroatoms. The number of ether oxygens (including phenoxy) is 4. The van der Waals surface area contributed by atoms with Gasteiger partial charge in [0, 0.05) is 34.4 Å². The van der Waals surface area contributed by atoms with Crippen molar-refractivity contribution in [2.45, 2.75) is 7.43 Å². The highest BCUT2D eigenvalue weighted by Gasteiger charge is 2.20. The molecule has 312 valence electrons. The minimum Gasteiger partial charge on any atom is -0.497 e. The van der Waals surface area contributed by atoms with Crippen LogP contribution in [0.3, 0.4) is 0 Å². The molecule has 0 amide bonds. The van der Waals surface area contributed by atoms with E-state index in [-0.39, 0.29) is 35.7 Å². The Kier molecular flexibility index (Phi) is 15.5. The summed E-state index contributed by atoms with van der Waals surface area (Å²) in [6.07, 6.45) is 0. The quantitative estimate of drug-likeness (QED) is 0.0407. The van der Waals surface area contributed by atoms with Crippen LogP contribution in [0, 0.1) is 20.2 Å². The van der Waals surface area contributed by atoms with Crippen molar-refractivity contribution in [3.8, 4) is 45.5 Å². The highest BCUT2D eigenvalue weighted by molar-refractivity contribution is 6.49. The van der Waals surface area contributed by atoms with Crippen LogP contribution in [0.2, 0.25) is 0 Å². The summed E-state index contributed by atoms with van der Waals surface area (Å²) in [7, 11) is 6.28. The maximum Gasteiger partial charge on any atom is 0.297 e. The monoisotopic (exact) mass is 826 g/mol. The van der Waals surface area contributed by atoms with Crippen LogP contribution >= 0.6 is 0 Å². The van der Waals surface area contributed by atoms with E-state index < -0.39 is 21.4 Å². The summed E-state index contributed by atoms with van der Waals surface area (Å²) in [4.78, 5) is 54.3. The fraction of sp³-hybridized carbons (Fsp3) is 0.111. The van der Waals surface area contributed by atoms with Crippen LogP contribution in [0.25, 0.3) is 33.5 Å². The number of hydrogen-bond acceptors (Lipinski definition) is 14. The smallest absolute Gasteiger partial charge is 0.297 e. The summed E-state index contributed by atoms with van der Waals surface area (Å²) in [6.45, 7) is 0. The van der Waals surface area contributed by atoms with Gasteiger partial charge >= 0.3 is 0 Å². The van der Waals surface area contributed by atoms with Crippen LogP contribution < -0.4 is 30.4 Å². The number of anilines is 2. The van der Waals surface area contributed by atoms with E-state index >= 15 is 0 Å². The first-order valence-electron chi connectivity index (χ1n) is 17.8. The molecule has 0 radical (unpaired) electrons. The van der Waals surface area contributed by atoms with Crippen molar-refractivity contribution >= 4 is 45.3 Å². The Balaban J connectivity index is 0.000000222. The highest BCUT2D eigenvalue weighted by Crippen LogP contribution is 2.35. The molecule has 0 aliphatic heterocycles. The summed E-state index contributed by atoms with van der Waals surface area (Å²) in [5.41, 5.74) is 14.9. The number of nitro benzene ring substituents is 2. The molecule has 16 nitrogen and oxygen atoms in total. The molecule has 0 saturated heterocycles. The lowest BCUT2D eigenvalue weighted by molar-refractivity contribution is -0.383. The maximum atomic E-state index is 12.1. The van der Waals surface area contributed by atoms with Gasteiger partial charge in [-0.05, 0) is 109 Å². The Bertz CT molecular complexity index is 2580. The molecule has 0 aliphatic carbocycles. The first-order valence-corrected chi connectivity index (χ1v) is 17.8. The van der Waals surface area contributed by atoms with Gasteiger partial charge in [0.05, 0.1) is 60.9 Å². The Morgan fingerprint density at radius 1 is 0.508 bits per heavy atom. The lowest BCUT2D eigenvalue weighted by Crippen LogP contribution is -2.14. The van der Waals surface area contributed by atoms with Crippen LogP contribution in [0.15, 0.2) is 133 Å². The van der Waals surface area contributed by atoms with E-state index in [0.29, 0.717) is 45.3 Å². The normalized spacial score (nSPS) is 10.0. The number of methoxy groups -OCH3 is 4. The molecule has 0 fully saturated rings. The number of Topliss-reactive ketones (excluding diaryl/α,β-unsaturated/α-hetero) is 2. The van der Waals surface area contributed by atoms with Gasteiger partial charge in [0.1, 0.15) is 28.7 Å². The number of ketones is 2. The fourth-order valence-corrected chi connectivity index (χ4v) is 5.59. The second kappa shape index (κ2) is 20.9. The van der Waals surface area contributed by atoms with Crippen LogP contribution in [-0.2, 0) is 0 Å². The van der Waals surface area contributed by atoms with Crippen LogP contribution in [0.4, 0.5) is 22.7 Å². The predicted octanol–water partition coefficient (Wildman–Crippen LogP) is 9.05. The van der Waals surface area contributed by atoms with Gasteiger partial charge in [-0.3, -0.25) is 29.8 Å². The number of fused-ring (bicyclic) bond motifs is 1. The van der Waals surface area contributed by atoms with Crippen LogP contribution in [0.1, 0.15) is 28.1 Å². The largest absolute Gasteiger partial charge is 0.497 e. The summed E-state index contributed by atoms with van der Waals surface area (Å²) in [5.74, 6) is 1.62. The van der Waals surface area contributed by atoms with Gasteiger partial charge < -0.3 is 30.4 Å². The Labute approximate surface area is 350 Å². The first kappa shape index (κ1) is 45.3. The van der Waals surface area contributed by atoms with E-state index in [1.54, 1.807) is 89.1 Å². The van der Waals surface area contributed by atoms with E-state index in [2.05, 4.69) is 4.98 Å². The third kappa shape index (κ3) is 11.0. The third-order valence-corrected chi connectivity index (χ3v) is 8.82. The number of aromatic nitrogens is 2. The van der Waals surface area contributed by atoms with Crippen molar-refractivity contribution in [1.82, 2.24) is 9.97 Å². The number of carbonyl (C=O) groups is 2. The lowest BCUT2D eigenvalue weighted by atomic mass is 10.0. The molecule has 7 aromatic rings. The number of para-hydroxylation sites is 2. The highest BCUT2D eigenvalue weighted by atomic mass is 16.6. The number of benzene rings is 6. The van der Waals surface area contributed by atoms with Gasteiger partial charge in [0.25, 0.3) is 11.4 Å². The van der Waals surface area contributed by atoms with Gasteiger partial charge in [-0.15, -0.1) is 0 Å². The second-order valence-electron chi connectivity index (χ2n) is 12.4. The first-order chi connectivity index (χ1) is 28.9. The van der Waals surface area contributed by atoms with Gasteiger partial charge in [0.2, 0.25) is 11.6 Å². The Morgan fingerprint density at radius 2 is 0.869 bits per heavy atom. The number of nitrogens with zero attached hydrogens (tertiary/aromatic N) is 4. The maximum absolute atomic E-state index is 12.1. The zero-order valence-electron chi connectivity index (χ0n) is 32.7. The standard InChI is InChI=1S/C22H17N3O4.C16H14O4.C6H7N3O2.CH4/c1-28-16-10-6-14(7-11-16)20-21(15-8-12-17(29-2)13-9-15)24-22-18(23-20)4-3-5-19(22)25(26)27;1-19-13-7-3-11(4-8-13)15(17)16(18)12-5-9-14(20-2)10-6-12;7-4-2-1-3-5(6(4)8)9(10)11;/h3-13H,1-2H3;3-10H,1-2H3;1-3H,7-8H2;1H4. The van der Waals surface area contributed by atoms with Crippen LogP contribution in [0.5, 0.6) is 23.0 Å². The molecule has 1 heterocycles. The molecule has 61 heavy (non-hydrogen) atoms. The zero-order valence-corrected chi connectivity index (χ0v) is 32.7. The number of carbonyl (C=O) groups excluding carboxylic acids is 2. The molecule has 4 N–H and O–H groups in total. The molecule has 6 aromatic carbocycles. The van der Waals surface area contributed by atoms with Crippen molar-refractivity contribution in [1.29, 1.82) is 0 Å². The number of nitro groups is 2. The van der Waals surface area contributed by atoms with Crippen LogP contribution in [-0.4, -0.2) is 59.8 Å². The number of hydrogen-bond donors (Lipinski definition) is 2. The average Bonchev–Trinajstić information content (AvgIpc) is 3.29. The fourth-order valence-electron chi connectivity index (χ4n) is 5.59. The van der Waals surface area contributed by atoms with Crippen molar-refractivity contribution in [3.63, 3.8) is 0 Å². The third-order valence-electron chi connectivity index (χ3n) is 8.82. The molecule has 0 bridgehead atoms. The van der Waals surface area contributed by atoms with Gasteiger partial charge in [-0.25, -0.2) is 9.97 Å². The Morgan fingerprint density at radius 3 is 1.25 bits per heavy atom. The number of nitrogen functional groups attached to an aromatic ring is 2. The molecule has 0 atom stereocenters. The minimum absolute atomic E-state index is 0. The van der Waals surface area contributed by atoms with Crippen molar-refractivity contribution < 1.29 is 38.4 Å². The summed E-state index contributed by atoms with van der Waals surface area (Å²) in [5, 5.41) is 21.7. The predicted molar refractivity (Wildman–Crippen MR) is 233 cm³/mol. The molecule has 0 aliphatic rings. The van der Waals surface area contributed by atoms with E-state index in [9.17, 15) is 29.8 Å².